The standard InChI is InChI=1S/C21H24N2O4/c1-21(2,13-4-6-14(27-3)7-5-13)22-12-18(25)15-8-10-17(24)20-16(15)9-11-19(26)23-20/h4-11,18,22,24-25H,12H2,1-3H3,(H,23,26). The summed E-state index contributed by atoms with van der Waals surface area (Å²) in [4.78, 5) is 14.1. The lowest BCUT2D eigenvalue weighted by molar-refractivity contribution is 0.162. The van der Waals surface area contributed by atoms with Crippen LogP contribution in [0.25, 0.3) is 10.9 Å². The summed E-state index contributed by atoms with van der Waals surface area (Å²) in [5.41, 5.74) is 1.36. The van der Waals surface area contributed by atoms with E-state index in [9.17, 15) is 15.0 Å². The molecule has 1 aromatic heterocycles. The van der Waals surface area contributed by atoms with Gasteiger partial charge in [-0.3, -0.25) is 4.79 Å². The molecule has 0 radical (unpaired) electrons. The number of methoxy groups -OCH3 is 1. The molecule has 0 aliphatic rings. The molecule has 3 rings (SSSR count). The number of aliphatic hydroxyl groups is 1. The number of aliphatic hydroxyl groups excluding tert-OH is 1. The van der Waals surface area contributed by atoms with Crippen molar-refractivity contribution in [1.29, 1.82) is 0 Å². The molecule has 0 amide bonds. The van der Waals surface area contributed by atoms with Crippen molar-refractivity contribution in [2.75, 3.05) is 13.7 Å². The zero-order valence-electron chi connectivity index (χ0n) is 15.6. The number of pyridine rings is 1. The van der Waals surface area contributed by atoms with Crippen molar-refractivity contribution < 1.29 is 14.9 Å². The number of nitrogens with one attached hydrogen (secondary N) is 2. The molecule has 27 heavy (non-hydrogen) atoms. The maximum Gasteiger partial charge on any atom is 0.248 e. The molecule has 0 saturated carbocycles. The van der Waals surface area contributed by atoms with Gasteiger partial charge < -0.3 is 25.3 Å². The quantitative estimate of drug-likeness (QED) is 0.537. The molecular weight excluding hydrogens is 344 g/mol. The number of ether oxygens (including phenoxy) is 1. The Morgan fingerprint density at radius 1 is 1.11 bits per heavy atom. The number of phenolic OH excluding ortho intramolecular Hbond substituents is 1. The molecule has 142 valence electrons. The number of aromatic nitrogens is 1. The lowest BCUT2D eigenvalue weighted by atomic mass is 9.93. The minimum absolute atomic E-state index is 0.0230. The number of hydrogen-bond acceptors (Lipinski definition) is 5. The first-order valence-corrected chi connectivity index (χ1v) is 8.74. The molecule has 1 heterocycles. The van der Waals surface area contributed by atoms with Crippen molar-refractivity contribution in [1.82, 2.24) is 10.3 Å². The predicted molar refractivity (Wildman–Crippen MR) is 105 cm³/mol. The van der Waals surface area contributed by atoms with E-state index in [-0.39, 0.29) is 16.8 Å². The highest BCUT2D eigenvalue weighted by atomic mass is 16.5. The van der Waals surface area contributed by atoms with E-state index in [4.69, 9.17) is 4.74 Å². The monoisotopic (exact) mass is 368 g/mol. The van der Waals surface area contributed by atoms with Gasteiger partial charge >= 0.3 is 0 Å². The Hall–Kier alpha value is -2.83. The van der Waals surface area contributed by atoms with Crippen LogP contribution in [0.3, 0.4) is 0 Å². The number of rotatable bonds is 6. The number of benzene rings is 2. The van der Waals surface area contributed by atoms with Crippen LogP contribution in [0.4, 0.5) is 0 Å². The topological polar surface area (TPSA) is 94.6 Å². The fourth-order valence-corrected chi connectivity index (χ4v) is 3.12. The van der Waals surface area contributed by atoms with Crippen molar-refractivity contribution in [3.8, 4) is 11.5 Å². The predicted octanol–water partition coefficient (Wildman–Crippen LogP) is 2.80. The Morgan fingerprint density at radius 3 is 2.48 bits per heavy atom. The lowest BCUT2D eigenvalue weighted by Gasteiger charge is -2.29. The number of phenols is 1. The molecule has 0 aliphatic carbocycles. The largest absolute Gasteiger partial charge is 0.506 e. The first kappa shape index (κ1) is 18.9. The molecule has 0 bridgehead atoms. The van der Waals surface area contributed by atoms with Crippen LogP contribution in [0.15, 0.2) is 53.3 Å². The van der Waals surface area contributed by atoms with Gasteiger partial charge in [-0.2, -0.15) is 0 Å². The van der Waals surface area contributed by atoms with Crippen molar-refractivity contribution in [2.24, 2.45) is 0 Å². The number of aromatic amines is 1. The van der Waals surface area contributed by atoms with Gasteiger partial charge in [0.05, 0.1) is 18.7 Å². The molecule has 3 aromatic rings. The van der Waals surface area contributed by atoms with E-state index >= 15 is 0 Å². The molecule has 0 spiro atoms. The third kappa shape index (κ3) is 3.97. The molecule has 1 unspecified atom stereocenters. The van der Waals surface area contributed by atoms with Crippen molar-refractivity contribution in [3.05, 3.63) is 70.0 Å². The smallest absolute Gasteiger partial charge is 0.248 e. The van der Waals surface area contributed by atoms with Gasteiger partial charge in [0, 0.05) is 23.5 Å². The Kier molecular flexibility index (Phi) is 5.21. The van der Waals surface area contributed by atoms with Crippen molar-refractivity contribution in [2.45, 2.75) is 25.5 Å². The summed E-state index contributed by atoms with van der Waals surface area (Å²) in [6.45, 7) is 4.37. The fraction of sp³-hybridized carbons (Fsp3) is 0.286. The molecule has 6 heteroatoms. The van der Waals surface area contributed by atoms with Gasteiger partial charge in [-0.25, -0.2) is 0 Å². The second-order valence-electron chi connectivity index (χ2n) is 7.04. The number of hydrogen-bond donors (Lipinski definition) is 4. The van der Waals surface area contributed by atoms with Crippen LogP contribution in [0.2, 0.25) is 0 Å². The summed E-state index contributed by atoms with van der Waals surface area (Å²) in [5.74, 6) is 0.768. The normalized spacial score (nSPS) is 12.9. The van der Waals surface area contributed by atoms with E-state index < -0.39 is 6.10 Å². The zero-order chi connectivity index (χ0) is 19.6. The summed E-state index contributed by atoms with van der Waals surface area (Å²) in [6.07, 6.45) is -0.809. The molecule has 4 N–H and O–H groups in total. The molecule has 0 saturated heterocycles. The van der Waals surface area contributed by atoms with E-state index in [1.807, 2.05) is 38.1 Å². The second kappa shape index (κ2) is 7.42. The lowest BCUT2D eigenvalue weighted by Crippen LogP contribution is -2.39. The molecule has 2 aromatic carbocycles. The molecule has 6 nitrogen and oxygen atoms in total. The van der Waals surface area contributed by atoms with Gasteiger partial charge in [-0.15, -0.1) is 0 Å². The Morgan fingerprint density at radius 2 is 1.81 bits per heavy atom. The third-order valence-electron chi connectivity index (χ3n) is 4.81. The summed E-state index contributed by atoms with van der Waals surface area (Å²) in [7, 11) is 1.63. The minimum atomic E-state index is -0.809. The first-order valence-electron chi connectivity index (χ1n) is 8.74. The Labute approximate surface area is 157 Å². The van der Waals surface area contributed by atoms with E-state index in [0.29, 0.717) is 23.0 Å². The van der Waals surface area contributed by atoms with E-state index in [1.54, 1.807) is 19.2 Å². The fourth-order valence-electron chi connectivity index (χ4n) is 3.12. The highest BCUT2D eigenvalue weighted by molar-refractivity contribution is 5.87. The molecular formula is C21H24N2O4. The van der Waals surface area contributed by atoms with Crippen LogP contribution in [0.5, 0.6) is 11.5 Å². The average molecular weight is 368 g/mol. The van der Waals surface area contributed by atoms with Crippen LogP contribution >= 0.6 is 0 Å². The van der Waals surface area contributed by atoms with Crippen LogP contribution in [-0.4, -0.2) is 28.9 Å². The van der Waals surface area contributed by atoms with E-state index in [1.165, 1.54) is 12.1 Å². The first-order chi connectivity index (χ1) is 12.8. The summed E-state index contributed by atoms with van der Waals surface area (Å²) in [5, 5.41) is 24.7. The van der Waals surface area contributed by atoms with Crippen LogP contribution < -0.4 is 15.6 Å². The maximum atomic E-state index is 11.5. The number of fused-ring (bicyclic) bond motifs is 1. The van der Waals surface area contributed by atoms with Gasteiger partial charge in [0.1, 0.15) is 11.5 Å². The highest BCUT2D eigenvalue weighted by Crippen LogP contribution is 2.29. The van der Waals surface area contributed by atoms with Crippen LogP contribution in [-0.2, 0) is 5.54 Å². The minimum Gasteiger partial charge on any atom is -0.506 e. The molecule has 1 atom stereocenters. The van der Waals surface area contributed by atoms with Gasteiger partial charge in [0.25, 0.3) is 0 Å². The maximum absolute atomic E-state index is 11.5. The highest BCUT2D eigenvalue weighted by Gasteiger charge is 2.22. The van der Waals surface area contributed by atoms with Crippen LogP contribution in [0.1, 0.15) is 31.1 Å². The summed E-state index contributed by atoms with van der Waals surface area (Å²) in [6, 6.07) is 13.9. The molecule has 0 aliphatic heterocycles. The summed E-state index contributed by atoms with van der Waals surface area (Å²) >= 11 is 0. The Balaban J connectivity index is 1.81. The number of H-pyrrole nitrogens is 1. The van der Waals surface area contributed by atoms with Crippen molar-refractivity contribution >= 4 is 10.9 Å². The Bertz CT molecular complexity index is 993. The van der Waals surface area contributed by atoms with E-state index in [2.05, 4.69) is 10.3 Å². The van der Waals surface area contributed by atoms with Crippen molar-refractivity contribution in [3.63, 3.8) is 0 Å². The van der Waals surface area contributed by atoms with Gasteiger partial charge in [0.2, 0.25) is 5.56 Å². The summed E-state index contributed by atoms with van der Waals surface area (Å²) < 4.78 is 5.19. The van der Waals surface area contributed by atoms with Gasteiger partial charge in [-0.1, -0.05) is 18.2 Å². The van der Waals surface area contributed by atoms with Gasteiger partial charge in [-0.05, 0) is 49.2 Å². The second-order valence-corrected chi connectivity index (χ2v) is 7.04. The zero-order valence-corrected chi connectivity index (χ0v) is 15.6. The third-order valence-corrected chi connectivity index (χ3v) is 4.81. The number of aromatic hydroxyl groups is 1. The average Bonchev–Trinajstić information content (AvgIpc) is 2.67. The van der Waals surface area contributed by atoms with Crippen LogP contribution in [0, 0.1) is 0 Å². The van der Waals surface area contributed by atoms with E-state index in [0.717, 1.165) is 11.3 Å². The SMILES string of the molecule is COc1ccc(C(C)(C)NCC(O)c2ccc(O)c3[nH]c(=O)ccc23)cc1. The van der Waals surface area contributed by atoms with Gasteiger partial charge in [0.15, 0.2) is 0 Å². The molecule has 0 fully saturated rings.